The van der Waals surface area contributed by atoms with Gasteiger partial charge in [-0.25, -0.2) is 0 Å². The van der Waals surface area contributed by atoms with E-state index in [2.05, 4.69) is 44.2 Å². The van der Waals surface area contributed by atoms with Gasteiger partial charge in [-0.15, -0.1) is 0 Å². The van der Waals surface area contributed by atoms with Crippen molar-refractivity contribution in [2.75, 3.05) is 11.9 Å². The van der Waals surface area contributed by atoms with Crippen LogP contribution in [0.4, 0.5) is 9.57 Å². The van der Waals surface area contributed by atoms with E-state index in [4.69, 9.17) is 0 Å². The molecule has 0 bridgehead atoms. The zero-order valence-corrected chi connectivity index (χ0v) is 13.7. The first-order chi connectivity index (χ1) is 10.0. The number of fused-ring (bicyclic) bond motifs is 2. The molecule has 1 aromatic rings. The number of benzene rings is 1. The lowest BCUT2D eigenvalue weighted by Crippen LogP contribution is -2.25. The fourth-order valence-corrected chi connectivity index (χ4v) is 4.37. The number of rotatable bonds is 3. The molecule has 1 saturated carbocycles. The van der Waals surface area contributed by atoms with Crippen molar-refractivity contribution in [3.63, 3.8) is 0 Å². The Hall–Kier alpha value is -1.22. The van der Waals surface area contributed by atoms with Gasteiger partial charge in [0.1, 0.15) is 0 Å². The SMILES string of the molecule is C=C(CC)c1cc2c(cc1SF)C1(CCCC1)C(=C)N2C. The number of allylic oxidation sites excluding steroid dienone is 2. The summed E-state index contributed by atoms with van der Waals surface area (Å²) in [5, 5.41) is 0. The van der Waals surface area contributed by atoms with Crippen molar-refractivity contribution in [3.05, 3.63) is 42.1 Å². The molecule has 0 aromatic heterocycles. The zero-order chi connectivity index (χ0) is 15.2. The van der Waals surface area contributed by atoms with Gasteiger partial charge < -0.3 is 4.90 Å². The van der Waals surface area contributed by atoms with Crippen molar-refractivity contribution >= 4 is 23.4 Å². The number of nitrogens with zero attached hydrogens (tertiary/aromatic N) is 1. The maximum absolute atomic E-state index is 13.5. The summed E-state index contributed by atoms with van der Waals surface area (Å²) >= 11 is 0.341. The Labute approximate surface area is 131 Å². The third kappa shape index (κ3) is 1.97. The molecule has 3 rings (SSSR count). The predicted octanol–water partition coefficient (Wildman–Crippen LogP) is 5.86. The molecule has 1 aromatic carbocycles. The monoisotopic (exact) mass is 303 g/mol. The summed E-state index contributed by atoms with van der Waals surface area (Å²) in [5.74, 6) is 0. The first kappa shape index (κ1) is 14.7. The number of anilines is 1. The second-order valence-corrected chi connectivity index (χ2v) is 6.79. The van der Waals surface area contributed by atoms with Crippen LogP contribution in [0.5, 0.6) is 0 Å². The minimum atomic E-state index is 0.0423. The molecule has 0 unspecified atom stereocenters. The molecule has 1 aliphatic carbocycles. The Bertz CT molecular complexity index is 614. The molecule has 2 aliphatic rings. The molecule has 1 aliphatic heterocycles. The van der Waals surface area contributed by atoms with Crippen molar-refractivity contribution in [1.82, 2.24) is 0 Å². The number of hydrogen-bond acceptors (Lipinski definition) is 2. The predicted molar refractivity (Wildman–Crippen MR) is 90.4 cm³/mol. The van der Waals surface area contributed by atoms with E-state index in [1.165, 1.54) is 29.8 Å². The molecule has 0 atom stereocenters. The van der Waals surface area contributed by atoms with Crippen LogP contribution < -0.4 is 4.90 Å². The first-order valence-electron chi connectivity index (χ1n) is 7.63. The van der Waals surface area contributed by atoms with Crippen LogP contribution in [0, 0.1) is 0 Å². The van der Waals surface area contributed by atoms with Crippen LogP contribution in [0.25, 0.3) is 5.57 Å². The summed E-state index contributed by atoms with van der Waals surface area (Å²) < 4.78 is 13.5. The lowest BCUT2D eigenvalue weighted by molar-refractivity contribution is 0.537. The topological polar surface area (TPSA) is 3.24 Å². The van der Waals surface area contributed by atoms with Crippen LogP contribution in [0.2, 0.25) is 0 Å². The van der Waals surface area contributed by atoms with Crippen molar-refractivity contribution in [2.45, 2.75) is 49.3 Å². The molecular formula is C18H22FNS. The van der Waals surface area contributed by atoms with Gasteiger partial charge in [0.25, 0.3) is 0 Å². The van der Waals surface area contributed by atoms with E-state index in [1.807, 2.05) is 0 Å². The normalized spacial score (nSPS) is 19.4. The number of hydrogen-bond donors (Lipinski definition) is 0. The number of likely N-dealkylation sites (N-methyl/N-ethyl adjacent to an activating group) is 1. The van der Waals surface area contributed by atoms with E-state index in [1.54, 1.807) is 0 Å². The van der Waals surface area contributed by atoms with Gasteiger partial charge in [0.15, 0.2) is 0 Å². The highest BCUT2D eigenvalue weighted by Crippen LogP contribution is 2.56. The summed E-state index contributed by atoms with van der Waals surface area (Å²) in [5.41, 5.74) is 5.59. The molecule has 21 heavy (non-hydrogen) atoms. The smallest absolute Gasteiger partial charge is 0.0818 e. The van der Waals surface area contributed by atoms with Gasteiger partial charge in [-0.2, -0.15) is 3.89 Å². The average Bonchev–Trinajstić information content (AvgIpc) is 3.08. The van der Waals surface area contributed by atoms with E-state index in [0.29, 0.717) is 17.0 Å². The zero-order valence-electron chi connectivity index (χ0n) is 12.8. The van der Waals surface area contributed by atoms with Crippen molar-refractivity contribution < 1.29 is 3.89 Å². The van der Waals surface area contributed by atoms with E-state index < -0.39 is 0 Å². The van der Waals surface area contributed by atoms with Gasteiger partial charge in [-0.05, 0) is 48.1 Å². The molecule has 0 radical (unpaired) electrons. The number of halogens is 1. The fourth-order valence-electron chi connectivity index (χ4n) is 3.92. The van der Waals surface area contributed by atoms with E-state index >= 15 is 0 Å². The summed E-state index contributed by atoms with van der Waals surface area (Å²) in [6.45, 7) is 10.5. The largest absolute Gasteiger partial charge is 0.348 e. The third-order valence-electron chi connectivity index (χ3n) is 5.28. The highest BCUT2D eigenvalue weighted by atomic mass is 32.2. The maximum Gasteiger partial charge on any atom is 0.0818 e. The Balaban J connectivity index is 2.21. The van der Waals surface area contributed by atoms with Gasteiger partial charge in [0.2, 0.25) is 0 Å². The minimum Gasteiger partial charge on any atom is -0.348 e. The van der Waals surface area contributed by atoms with Crippen LogP contribution >= 0.6 is 12.1 Å². The Morgan fingerprint density at radius 3 is 2.62 bits per heavy atom. The maximum atomic E-state index is 13.5. The molecule has 0 amide bonds. The van der Waals surface area contributed by atoms with E-state index in [-0.39, 0.29) is 5.41 Å². The summed E-state index contributed by atoms with van der Waals surface area (Å²) in [6, 6.07) is 4.16. The molecular weight excluding hydrogens is 281 g/mol. The van der Waals surface area contributed by atoms with Gasteiger partial charge in [0, 0.05) is 28.7 Å². The van der Waals surface area contributed by atoms with Crippen molar-refractivity contribution in [1.29, 1.82) is 0 Å². The molecule has 0 N–H and O–H groups in total. The Morgan fingerprint density at radius 2 is 2.05 bits per heavy atom. The van der Waals surface area contributed by atoms with E-state index in [0.717, 1.165) is 30.4 Å². The van der Waals surface area contributed by atoms with E-state index in [9.17, 15) is 3.89 Å². The third-order valence-corrected chi connectivity index (χ3v) is 5.78. The molecule has 112 valence electrons. The standard InChI is InChI=1S/C18H22FNS/c1-5-12(2)14-10-16-15(11-17(14)21-19)18(8-6-7-9-18)13(3)20(16)4/h10-11H,2-3,5-9H2,1,4H3. The van der Waals surface area contributed by atoms with Gasteiger partial charge in [0.05, 0.1) is 12.1 Å². The molecule has 3 heteroatoms. The van der Waals surface area contributed by atoms with Gasteiger partial charge >= 0.3 is 0 Å². The molecule has 1 fully saturated rings. The van der Waals surface area contributed by atoms with Crippen molar-refractivity contribution in [3.8, 4) is 0 Å². The molecule has 0 saturated heterocycles. The fraction of sp³-hybridized carbons (Fsp3) is 0.444. The average molecular weight is 303 g/mol. The molecule has 1 heterocycles. The second-order valence-electron chi connectivity index (χ2n) is 6.19. The molecule has 1 nitrogen and oxygen atoms in total. The van der Waals surface area contributed by atoms with Crippen LogP contribution in [0.3, 0.4) is 0 Å². The highest BCUT2D eigenvalue weighted by molar-refractivity contribution is 7.94. The lowest BCUT2D eigenvalue weighted by atomic mass is 9.78. The molecule has 1 spiro atoms. The van der Waals surface area contributed by atoms with Gasteiger partial charge in [-0.1, -0.05) is 32.9 Å². The Morgan fingerprint density at radius 1 is 1.38 bits per heavy atom. The first-order valence-corrected chi connectivity index (χ1v) is 8.35. The Kier molecular flexibility index (Phi) is 3.64. The van der Waals surface area contributed by atoms with Crippen molar-refractivity contribution in [2.24, 2.45) is 0 Å². The summed E-state index contributed by atoms with van der Waals surface area (Å²) in [6.07, 6.45) is 5.56. The van der Waals surface area contributed by atoms with Crippen LogP contribution in [0.1, 0.15) is 50.2 Å². The lowest BCUT2D eigenvalue weighted by Gasteiger charge is -2.27. The summed E-state index contributed by atoms with van der Waals surface area (Å²) in [4.78, 5) is 2.90. The second kappa shape index (κ2) is 5.20. The van der Waals surface area contributed by atoms with Crippen LogP contribution in [0.15, 0.2) is 35.9 Å². The highest BCUT2D eigenvalue weighted by Gasteiger charge is 2.47. The quantitative estimate of drug-likeness (QED) is 0.688. The van der Waals surface area contributed by atoms with Crippen LogP contribution in [-0.2, 0) is 5.41 Å². The minimum absolute atomic E-state index is 0.0423. The van der Waals surface area contributed by atoms with Crippen LogP contribution in [-0.4, -0.2) is 7.05 Å². The van der Waals surface area contributed by atoms with Gasteiger partial charge in [-0.3, -0.25) is 0 Å². The summed E-state index contributed by atoms with van der Waals surface area (Å²) in [7, 11) is 2.08.